The number of aliphatic imine (C=N–C) groups is 1. The molecule has 0 aliphatic carbocycles. The number of rotatable bonds is 4. The monoisotopic (exact) mass is 195 g/mol. The molecule has 0 N–H and O–H groups in total. The lowest BCUT2D eigenvalue weighted by Gasteiger charge is -2.26. The van der Waals surface area contributed by atoms with Crippen molar-refractivity contribution in [1.29, 1.82) is 0 Å². The molecule has 1 heteroatoms. The van der Waals surface area contributed by atoms with E-state index in [2.05, 4.69) is 52.6 Å². The van der Waals surface area contributed by atoms with Gasteiger partial charge in [0.25, 0.3) is 0 Å². The van der Waals surface area contributed by atoms with Crippen molar-refractivity contribution in [3.63, 3.8) is 0 Å². The summed E-state index contributed by atoms with van der Waals surface area (Å²) < 4.78 is 0. The van der Waals surface area contributed by atoms with Crippen LogP contribution in [-0.4, -0.2) is 6.21 Å². The fourth-order valence-electron chi connectivity index (χ4n) is 1.05. The van der Waals surface area contributed by atoms with Crippen LogP contribution in [0.25, 0.3) is 0 Å². The largest absolute Gasteiger partial charge is 0.266 e. The minimum Gasteiger partial charge on any atom is -0.266 e. The highest BCUT2D eigenvalue weighted by molar-refractivity contribution is 5.55. The summed E-state index contributed by atoms with van der Waals surface area (Å²) in [4.78, 5) is 4.43. The van der Waals surface area contributed by atoms with E-state index >= 15 is 0 Å². The summed E-state index contributed by atoms with van der Waals surface area (Å²) in [7, 11) is 0. The van der Waals surface area contributed by atoms with Gasteiger partial charge in [-0.2, -0.15) is 0 Å². The molecule has 0 fully saturated rings. The number of allylic oxidation sites excluding steroid dienone is 2. The van der Waals surface area contributed by atoms with E-state index in [4.69, 9.17) is 0 Å². The minimum absolute atomic E-state index is 0.228. The van der Waals surface area contributed by atoms with Gasteiger partial charge in [-0.3, -0.25) is 4.99 Å². The molecule has 0 aliphatic rings. The van der Waals surface area contributed by atoms with E-state index in [1.54, 1.807) is 0 Å². The molecule has 14 heavy (non-hydrogen) atoms. The van der Waals surface area contributed by atoms with Gasteiger partial charge in [-0.1, -0.05) is 47.6 Å². The van der Waals surface area contributed by atoms with Gasteiger partial charge >= 0.3 is 0 Å². The van der Waals surface area contributed by atoms with Crippen LogP contribution < -0.4 is 0 Å². The van der Waals surface area contributed by atoms with Gasteiger partial charge in [-0.25, -0.2) is 0 Å². The summed E-state index contributed by atoms with van der Waals surface area (Å²) in [5.74, 6) is 1.15. The number of hydrogen-bond donors (Lipinski definition) is 0. The Kier molecular flexibility index (Phi) is 5.11. The summed E-state index contributed by atoms with van der Waals surface area (Å²) >= 11 is 0. The highest BCUT2D eigenvalue weighted by Gasteiger charge is 2.20. The van der Waals surface area contributed by atoms with E-state index in [9.17, 15) is 0 Å². The normalized spacial score (nSPS) is 14.8. The molecule has 0 aromatic heterocycles. The molecular formula is C13H25N. The van der Waals surface area contributed by atoms with Crippen molar-refractivity contribution < 1.29 is 0 Å². The van der Waals surface area contributed by atoms with Crippen molar-refractivity contribution in [2.24, 2.45) is 22.2 Å². The summed E-state index contributed by atoms with van der Waals surface area (Å²) in [5.41, 5.74) is 1.43. The first-order chi connectivity index (χ1) is 6.31. The molecule has 0 bridgehead atoms. The van der Waals surface area contributed by atoms with E-state index in [1.165, 1.54) is 5.70 Å². The average molecular weight is 195 g/mol. The number of nitrogens with zero attached hydrogens (tertiary/aromatic N) is 1. The highest BCUT2D eigenvalue weighted by atomic mass is 14.7. The molecule has 82 valence electrons. The molecule has 0 saturated heterocycles. The van der Waals surface area contributed by atoms with Gasteiger partial charge in [0.1, 0.15) is 0 Å². The van der Waals surface area contributed by atoms with Crippen LogP contribution >= 0.6 is 0 Å². The van der Waals surface area contributed by atoms with Crippen molar-refractivity contribution in [2.75, 3.05) is 0 Å². The molecule has 0 aliphatic heterocycles. The quantitative estimate of drug-likeness (QED) is 0.593. The lowest BCUT2D eigenvalue weighted by atomic mass is 9.79. The van der Waals surface area contributed by atoms with Gasteiger partial charge in [0.15, 0.2) is 0 Å². The zero-order valence-corrected chi connectivity index (χ0v) is 10.8. The Balaban J connectivity index is 4.90. The molecule has 0 heterocycles. The Morgan fingerprint density at radius 2 is 1.64 bits per heavy atom. The van der Waals surface area contributed by atoms with Crippen LogP contribution in [0.4, 0.5) is 0 Å². The first-order valence-electron chi connectivity index (χ1n) is 5.52. The summed E-state index contributed by atoms with van der Waals surface area (Å²) in [6.45, 7) is 15.4. The molecule has 0 radical (unpaired) electrons. The van der Waals surface area contributed by atoms with Crippen molar-refractivity contribution in [1.82, 2.24) is 0 Å². The minimum atomic E-state index is 0.228. The van der Waals surface area contributed by atoms with E-state index in [1.807, 2.05) is 13.1 Å². The molecular weight excluding hydrogens is 170 g/mol. The van der Waals surface area contributed by atoms with E-state index in [-0.39, 0.29) is 5.41 Å². The van der Waals surface area contributed by atoms with Crippen LogP contribution in [0.2, 0.25) is 0 Å². The second-order valence-corrected chi connectivity index (χ2v) is 5.09. The predicted octanol–water partition coefficient (Wildman–Crippen LogP) is 4.30. The van der Waals surface area contributed by atoms with Crippen LogP contribution in [0.1, 0.15) is 48.5 Å². The first-order valence-corrected chi connectivity index (χ1v) is 5.52. The second kappa shape index (κ2) is 5.33. The fourth-order valence-corrected chi connectivity index (χ4v) is 1.05. The van der Waals surface area contributed by atoms with Gasteiger partial charge in [0.2, 0.25) is 0 Å². The van der Waals surface area contributed by atoms with E-state index < -0.39 is 0 Å². The number of hydrogen-bond acceptors (Lipinski definition) is 1. The average Bonchev–Trinajstić information content (AvgIpc) is 2.02. The topological polar surface area (TPSA) is 12.4 Å². The smallest absolute Gasteiger partial charge is 0.0390 e. The van der Waals surface area contributed by atoms with Crippen molar-refractivity contribution in [2.45, 2.75) is 48.5 Å². The van der Waals surface area contributed by atoms with Crippen LogP contribution in [-0.2, 0) is 0 Å². The molecule has 0 amide bonds. The van der Waals surface area contributed by atoms with Crippen LogP contribution in [0.5, 0.6) is 0 Å². The second-order valence-electron chi connectivity index (χ2n) is 5.09. The van der Waals surface area contributed by atoms with Crippen LogP contribution in [0, 0.1) is 17.3 Å². The highest BCUT2D eigenvalue weighted by Crippen LogP contribution is 2.30. The molecule has 0 atom stereocenters. The Labute approximate surface area is 89.3 Å². The van der Waals surface area contributed by atoms with Gasteiger partial charge in [0, 0.05) is 11.9 Å². The van der Waals surface area contributed by atoms with E-state index in [0.29, 0.717) is 11.8 Å². The maximum absolute atomic E-state index is 4.43. The lowest BCUT2D eigenvalue weighted by Crippen LogP contribution is -2.17. The van der Waals surface area contributed by atoms with Gasteiger partial charge < -0.3 is 0 Å². The van der Waals surface area contributed by atoms with Gasteiger partial charge in [-0.15, -0.1) is 0 Å². The Hall–Kier alpha value is -0.590. The maximum Gasteiger partial charge on any atom is 0.0390 e. The third-order valence-corrected chi connectivity index (χ3v) is 2.88. The molecule has 0 aromatic rings. The summed E-state index contributed by atoms with van der Waals surface area (Å²) in [6.07, 6.45) is 4.19. The molecule has 1 nitrogen and oxygen atoms in total. The van der Waals surface area contributed by atoms with Gasteiger partial charge in [0.05, 0.1) is 0 Å². The predicted molar refractivity (Wildman–Crippen MR) is 65.7 cm³/mol. The van der Waals surface area contributed by atoms with Gasteiger partial charge in [-0.05, 0) is 24.2 Å². The fraction of sp³-hybridized carbons (Fsp3) is 0.769. The molecule has 0 saturated carbocycles. The lowest BCUT2D eigenvalue weighted by molar-refractivity contribution is 0.329. The van der Waals surface area contributed by atoms with Crippen LogP contribution in [0.15, 0.2) is 16.8 Å². The summed E-state index contributed by atoms with van der Waals surface area (Å²) in [5, 5.41) is 0. The molecule has 0 rings (SSSR count). The third kappa shape index (κ3) is 4.08. The molecule has 0 unspecified atom stereocenters. The van der Waals surface area contributed by atoms with Crippen molar-refractivity contribution >= 4 is 6.21 Å². The SMILES string of the molecule is CC=N/C(=C\C(C)(C)C(C)C)C(C)C. The Bertz CT molecular complexity index is 219. The van der Waals surface area contributed by atoms with Crippen LogP contribution in [0.3, 0.4) is 0 Å². The van der Waals surface area contributed by atoms with Crippen molar-refractivity contribution in [3.05, 3.63) is 11.8 Å². The third-order valence-electron chi connectivity index (χ3n) is 2.88. The molecule has 0 aromatic carbocycles. The van der Waals surface area contributed by atoms with E-state index in [0.717, 1.165) is 0 Å². The Morgan fingerprint density at radius 3 is 1.93 bits per heavy atom. The standard InChI is InChI=1S/C13H25N/c1-8-14-12(10(2)3)9-13(6,7)11(4)5/h8-11H,1-7H3/b12-9-,14-8?. The Morgan fingerprint density at radius 1 is 1.14 bits per heavy atom. The van der Waals surface area contributed by atoms with Crippen molar-refractivity contribution in [3.8, 4) is 0 Å². The zero-order chi connectivity index (χ0) is 11.4. The summed E-state index contributed by atoms with van der Waals surface area (Å²) in [6, 6.07) is 0. The first kappa shape index (κ1) is 13.4. The molecule has 0 spiro atoms. The maximum atomic E-state index is 4.43. The zero-order valence-electron chi connectivity index (χ0n) is 10.8.